The van der Waals surface area contributed by atoms with Crippen molar-refractivity contribution in [2.24, 2.45) is 0 Å². The van der Waals surface area contributed by atoms with Gasteiger partial charge in [-0.3, -0.25) is 0 Å². The molecule has 2 atom stereocenters. The van der Waals surface area contributed by atoms with E-state index in [0.717, 1.165) is 22.7 Å². The lowest BCUT2D eigenvalue weighted by atomic mass is 9.65. The number of thiophene rings is 2. The van der Waals surface area contributed by atoms with Crippen LogP contribution in [0.25, 0.3) is 11.1 Å². The fourth-order valence-corrected chi connectivity index (χ4v) is 12.2. The summed E-state index contributed by atoms with van der Waals surface area (Å²) in [5, 5.41) is 0. The Kier molecular flexibility index (Phi) is 4.06. The Bertz CT molecular complexity index is 1550. The van der Waals surface area contributed by atoms with Crippen LogP contribution in [0.15, 0.2) is 28.2 Å². The number of sulfone groups is 1. The van der Waals surface area contributed by atoms with Crippen LogP contribution in [0, 0.1) is 13.8 Å². The SMILES string of the molecule is CCC12C(=C3C(=C4c5sc(C)cc5N(C)C41C)C(F)(F)C(F)(F)C3(F)F)c1sc(C)cc1S2(=O)=O. The van der Waals surface area contributed by atoms with Crippen LogP contribution in [-0.2, 0) is 9.84 Å². The van der Waals surface area contributed by atoms with Gasteiger partial charge >= 0.3 is 17.8 Å². The second-order valence-electron chi connectivity index (χ2n) is 9.66. The van der Waals surface area contributed by atoms with Gasteiger partial charge in [-0.25, -0.2) is 8.42 Å². The van der Waals surface area contributed by atoms with Crippen LogP contribution >= 0.6 is 22.7 Å². The van der Waals surface area contributed by atoms with Crippen molar-refractivity contribution in [2.75, 3.05) is 11.9 Å². The number of alkyl halides is 6. The molecule has 0 saturated heterocycles. The number of rotatable bonds is 1. The van der Waals surface area contributed by atoms with E-state index in [1.807, 2.05) is 0 Å². The monoisotopic (exact) mass is 551 g/mol. The van der Waals surface area contributed by atoms with Crippen molar-refractivity contribution in [2.45, 2.75) is 67.1 Å². The number of halogens is 6. The van der Waals surface area contributed by atoms with Crippen LogP contribution in [-0.4, -0.2) is 43.5 Å². The topological polar surface area (TPSA) is 37.4 Å². The summed E-state index contributed by atoms with van der Waals surface area (Å²) in [5.74, 6) is -16.2. The molecule has 0 amide bonds. The first-order valence-corrected chi connectivity index (χ1v) is 13.9. The first-order chi connectivity index (χ1) is 16.0. The lowest BCUT2D eigenvalue weighted by Crippen LogP contribution is -2.64. The molecule has 3 nitrogen and oxygen atoms in total. The number of hydrogen-bond acceptors (Lipinski definition) is 5. The first kappa shape index (κ1) is 23.6. The van der Waals surface area contributed by atoms with Gasteiger partial charge in [0.05, 0.1) is 25.9 Å². The van der Waals surface area contributed by atoms with E-state index in [1.165, 1.54) is 31.9 Å². The van der Waals surface area contributed by atoms with E-state index < -0.39 is 60.2 Å². The molecule has 0 aromatic carbocycles. The van der Waals surface area contributed by atoms with Gasteiger partial charge in [0.1, 0.15) is 4.75 Å². The van der Waals surface area contributed by atoms with Crippen LogP contribution in [0.2, 0.25) is 0 Å². The minimum Gasteiger partial charge on any atom is -0.362 e. The van der Waals surface area contributed by atoms with Crippen LogP contribution < -0.4 is 4.90 Å². The fraction of sp³-hybridized carbons (Fsp3) is 0.478. The number of likely N-dealkylation sites (N-methyl/N-ethyl adjacent to an activating group) is 1. The Labute approximate surface area is 205 Å². The predicted molar refractivity (Wildman–Crippen MR) is 124 cm³/mol. The Morgan fingerprint density at radius 1 is 0.857 bits per heavy atom. The normalized spacial score (nSPS) is 32.5. The minimum atomic E-state index is -5.73. The molecule has 1 saturated carbocycles. The third-order valence-electron chi connectivity index (χ3n) is 8.23. The molecule has 0 N–H and O–H groups in total. The van der Waals surface area contributed by atoms with Gasteiger partial charge in [0.25, 0.3) is 0 Å². The average Bonchev–Trinajstić information content (AvgIpc) is 3.43. The van der Waals surface area contributed by atoms with Crippen molar-refractivity contribution in [3.05, 3.63) is 42.8 Å². The molecule has 2 aromatic heterocycles. The largest absolute Gasteiger partial charge is 0.380 e. The van der Waals surface area contributed by atoms with Gasteiger partial charge in [-0.15, -0.1) is 22.7 Å². The second kappa shape index (κ2) is 6.02. The zero-order valence-electron chi connectivity index (χ0n) is 19.1. The van der Waals surface area contributed by atoms with Gasteiger partial charge in [-0.1, -0.05) is 6.92 Å². The second-order valence-corrected chi connectivity index (χ2v) is 14.3. The van der Waals surface area contributed by atoms with E-state index in [1.54, 1.807) is 19.9 Å². The van der Waals surface area contributed by atoms with E-state index >= 15 is 17.6 Å². The molecule has 2 aliphatic heterocycles. The van der Waals surface area contributed by atoms with Crippen molar-refractivity contribution in [3.8, 4) is 0 Å². The summed E-state index contributed by atoms with van der Waals surface area (Å²) in [5.41, 5.74) is -5.47. The molecule has 35 heavy (non-hydrogen) atoms. The zero-order valence-corrected chi connectivity index (χ0v) is 21.6. The Balaban J connectivity index is 1.94. The third kappa shape index (κ3) is 2.00. The standard InChI is InChI=1S/C23H19F6NO2S3/c1-6-20-16(18-12(35(20,31)32)8-10(3)34-18)14-13(21(24,25)23(28,29)22(14,26)27)15-17-11(7-9(2)33-17)30(5)19(15,20)4/h7-8H,6H2,1-5H3. The minimum absolute atomic E-state index is 0.127. The van der Waals surface area contributed by atoms with Crippen LogP contribution in [0.3, 0.4) is 0 Å². The van der Waals surface area contributed by atoms with Crippen LogP contribution in [0.1, 0.15) is 39.8 Å². The Hall–Kier alpha value is -1.79. The molecule has 4 aliphatic rings. The Morgan fingerprint density at radius 3 is 1.94 bits per heavy atom. The number of anilines is 1. The number of allylic oxidation sites excluding steroid dienone is 2. The molecule has 2 aromatic rings. The van der Waals surface area contributed by atoms with E-state index in [2.05, 4.69) is 0 Å². The Morgan fingerprint density at radius 2 is 1.37 bits per heavy atom. The summed E-state index contributed by atoms with van der Waals surface area (Å²) in [7, 11) is -2.94. The van der Waals surface area contributed by atoms with E-state index in [-0.39, 0.29) is 21.1 Å². The van der Waals surface area contributed by atoms with Crippen molar-refractivity contribution < 1.29 is 34.8 Å². The van der Waals surface area contributed by atoms with Gasteiger partial charge in [0, 0.05) is 39.1 Å². The molecule has 12 heteroatoms. The molecule has 4 heterocycles. The highest BCUT2D eigenvalue weighted by Gasteiger charge is 2.86. The molecule has 1 fully saturated rings. The van der Waals surface area contributed by atoms with Crippen molar-refractivity contribution >= 4 is 49.3 Å². The van der Waals surface area contributed by atoms with Gasteiger partial charge in [0.2, 0.25) is 0 Å². The number of aryl methyl sites for hydroxylation is 2. The first-order valence-electron chi connectivity index (χ1n) is 10.8. The summed E-state index contributed by atoms with van der Waals surface area (Å²) < 4.78 is 119. The molecule has 2 unspecified atom stereocenters. The van der Waals surface area contributed by atoms with Gasteiger partial charge in [-0.2, -0.15) is 26.3 Å². The lowest BCUT2D eigenvalue weighted by Gasteiger charge is -2.52. The maximum atomic E-state index is 15.6. The maximum absolute atomic E-state index is 15.6. The predicted octanol–water partition coefficient (Wildman–Crippen LogP) is 6.71. The summed E-state index contributed by atoms with van der Waals surface area (Å²) in [6.07, 6.45) is -0.270. The van der Waals surface area contributed by atoms with Gasteiger partial charge in [0.15, 0.2) is 9.84 Å². The quantitative estimate of drug-likeness (QED) is 0.370. The zero-order chi connectivity index (χ0) is 25.9. The van der Waals surface area contributed by atoms with E-state index in [9.17, 15) is 17.2 Å². The molecule has 0 bridgehead atoms. The van der Waals surface area contributed by atoms with Gasteiger partial charge in [-0.05, 0) is 39.3 Å². The summed E-state index contributed by atoms with van der Waals surface area (Å²) >= 11 is 1.86. The van der Waals surface area contributed by atoms with Crippen LogP contribution in [0.5, 0.6) is 0 Å². The van der Waals surface area contributed by atoms with Crippen LogP contribution in [0.4, 0.5) is 32.0 Å². The van der Waals surface area contributed by atoms with Gasteiger partial charge < -0.3 is 4.90 Å². The van der Waals surface area contributed by atoms with Crippen molar-refractivity contribution in [1.82, 2.24) is 0 Å². The molecule has 0 radical (unpaired) electrons. The van der Waals surface area contributed by atoms with Crippen molar-refractivity contribution in [1.29, 1.82) is 0 Å². The number of fused-ring (bicyclic) bond motifs is 8. The highest BCUT2D eigenvalue weighted by atomic mass is 32.2. The van der Waals surface area contributed by atoms with Crippen molar-refractivity contribution in [3.63, 3.8) is 0 Å². The lowest BCUT2D eigenvalue weighted by molar-refractivity contribution is -0.257. The highest BCUT2D eigenvalue weighted by Crippen LogP contribution is 2.76. The third-order valence-corrected chi connectivity index (χ3v) is 13.2. The number of nitrogens with zero attached hydrogens (tertiary/aromatic N) is 1. The maximum Gasteiger partial charge on any atom is 0.380 e. The average molecular weight is 552 g/mol. The molecule has 188 valence electrons. The molecule has 6 rings (SSSR count). The molecular formula is C23H19F6NO2S3. The summed E-state index contributed by atoms with van der Waals surface area (Å²) in [6, 6.07) is 2.96. The fourth-order valence-electron chi connectivity index (χ4n) is 6.68. The molecule has 0 spiro atoms. The molecule has 2 aliphatic carbocycles. The van der Waals surface area contributed by atoms with E-state index in [0.29, 0.717) is 15.4 Å². The van der Waals surface area contributed by atoms with E-state index in [4.69, 9.17) is 0 Å². The number of hydrogen-bond donors (Lipinski definition) is 0. The summed E-state index contributed by atoms with van der Waals surface area (Å²) in [4.78, 5) is 2.32. The highest BCUT2D eigenvalue weighted by molar-refractivity contribution is 7.94. The summed E-state index contributed by atoms with van der Waals surface area (Å²) in [6.45, 7) is 6.12. The molecular weight excluding hydrogens is 532 g/mol. The smallest absolute Gasteiger partial charge is 0.362 e.